The summed E-state index contributed by atoms with van der Waals surface area (Å²) >= 11 is 1.17. The number of anilines is 2. The molecule has 3 aromatic rings. The van der Waals surface area contributed by atoms with Crippen LogP contribution in [0.5, 0.6) is 0 Å². The number of hydrogen-bond acceptors (Lipinski definition) is 6. The van der Waals surface area contributed by atoms with Crippen molar-refractivity contribution in [1.82, 2.24) is 9.29 Å². The van der Waals surface area contributed by atoms with E-state index in [1.54, 1.807) is 56.3 Å². The van der Waals surface area contributed by atoms with Crippen LogP contribution in [0.3, 0.4) is 0 Å². The third kappa shape index (κ3) is 6.43. The maximum absolute atomic E-state index is 12.7. The number of aromatic nitrogens is 1. The van der Waals surface area contributed by atoms with E-state index in [-0.39, 0.29) is 22.5 Å². The number of sulfonamides is 1. The van der Waals surface area contributed by atoms with Crippen molar-refractivity contribution in [3.05, 3.63) is 78.5 Å². The summed E-state index contributed by atoms with van der Waals surface area (Å²) in [6.07, 6.45) is 1.30. The number of carbonyl (C=O) groups excluding carboxylic acids is 2. The summed E-state index contributed by atoms with van der Waals surface area (Å²) in [5.74, 6) is -0.600. The summed E-state index contributed by atoms with van der Waals surface area (Å²) in [6.45, 7) is 4.31. The van der Waals surface area contributed by atoms with Gasteiger partial charge in [-0.3, -0.25) is 9.59 Å². The van der Waals surface area contributed by atoms with Crippen LogP contribution in [0.1, 0.15) is 24.2 Å². The standard InChI is InChI=1S/C24H26N4O4S2/c1-3-28(4-2)34(31,32)19-14-15-23(25-16-19)33-17-22(29)27-21-13-9-8-12-20(21)24(30)26-18-10-6-5-7-11-18/h5-16H,3-4,17H2,1-2H3,(H,26,30)(H,27,29). The van der Waals surface area contributed by atoms with E-state index in [1.807, 2.05) is 18.2 Å². The molecule has 0 aliphatic heterocycles. The second-order valence-corrected chi connectivity index (χ2v) is 10.1. The summed E-state index contributed by atoms with van der Waals surface area (Å²) < 4.78 is 26.5. The summed E-state index contributed by atoms with van der Waals surface area (Å²) in [6, 6.07) is 18.9. The van der Waals surface area contributed by atoms with Crippen LogP contribution in [0.15, 0.2) is 82.8 Å². The fourth-order valence-corrected chi connectivity index (χ4v) is 5.20. The Hall–Kier alpha value is -3.21. The van der Waals surface area contributed by atoms with Crippen molar-refractivity contribution in [1.29, 1.82) is 0 Å². The lowest BCUT2D eigenvalue weighted by atomic mass is 10.1. The van der Waals surface area contributed by atoms with Crippen molar-refractivity contribution in [2.45, 2.75) is 23.8 Å². The zero-order valence-corrected chi connectivity index (χ0v) is 20.5. The van der Waals surface area contributed by atoms with E-state index in [4.69, 9.17) is 0 Å². The predicted octanol–water partition coefficient (Wildman–Crippen LogP) is 4.10. The number of pyridine rings is 1. The first-order valence-electron chi connectivity index (χ1n) is 10.7. The van der Waals surface area contributed by atoms with Gasteiger partial charge in [-0.25, -0.2) is 13.4 Å². The first-order chi connectivity index (χ1) is 16.3. The number of rotatable bonds is 10. The van der Waals surface area contributed by atoms with E-state index < -0.39 is 10.0 Å². The lowest BCUT2D eigenvalue weighted by Crippen LogP contribution is -2.30. The van der Waals surface area contributed by atoms with Gasteiger partial charge in [0.25, 0.3) is 5.91 Å². The maximum Gasteiger partial charge on any atom is 0.257 e. The molecule has 10 heteroatoms. The molecule has 3 rings (SSSR count). The Labute approximate surface area is 203 Å². The van der Waals surface area contributed by atoms with Gasteiger partial charge in [-0.05, 0) is 36.4 Å². The maximum atomic E-state index is 12.7. The third-order valence-corrected chi connectivity index (χ3v) is 7.86. The van der Waals surface area contributed by atoms with E-state index in [1.165, 1.54) is 28.3 Å². The Balaban J connectivity index is 1.61. The molecule has 2 aromatic carbocycles. The molecule has 0 radical (unpaired) electrons. The van der Waals surface area contributed by atoms with Crippen molar-refractivity contribution in [2.75, 3.05) is 29.5 Å². The van der Waals surface area contributed by atoms with E-state index in [2.05, 4.69) is 15.6 Å². The molecule has 0 unspecified atom stereocenters. The van der Waals surface area contributed by atoms with Crippen LogP contribution in [0.25, 0.3) is 0 Å². The van der Waals surface area contributed by atoms with Crippen molar-refractivity contribution >= 4 is 45.0 Å². The smallest absolute Gasteiger partial charge is 0.257 e. The molecular weight excluding hydrogens is 472 g/mol. The monoisotopic (exact) mass is 498 g/mol. The highest BCUT2D eigenvalue weighted by Gasteiger charge is 2.22. The number of amides is 2. The van der Waals surface area contributed by atoms with Gasteiger partial charge in [0.05, 0.1) is 22.0 Å². The number of carbonyl (C=O) groups is 2. The van der Waals surface area contributed by atoms with Gasteiger partial charge in [0, 0.05) is 25.0 Å². The molecule has 0 fully saturated rings. The van der Waals surface area contributed by atoms with Crippen LogP contribution < -0.4 is 10.6 Å². The highest BCUT2D eigenvalue weighted by molar-refractivity contribution is 7.99. The largest absolute Gasteiger partial charge is 0.325 e. The molecule has 1 aromatic heterocycles. The number of para-hydroxylation sites is 2. The van der Waals surface area contributed by atoms with E-state index in [0.29, 0.717) is 35.1 Å². The second-order valence-electron chi connectivity index (χ2n) is 7.12. The highest BCUT2D eigenvalue weighted by Crippen LogP contribution is 2.21. The van der Waals surface area contributed by atoms with Crippen LogP contribution in [-0.2, 0) is 14.8 Å². The molecule has 8 nitrogen and oxygen atoms in total. The average Bonchev–Trinajstić information content (AvgIpc) is 2.84. The van der Waals surface area contributed by atoms with E-state index in [0.717, 1.165) is 0 Å². The number of hydrogen-bond donors (Lipinski definition) is 2. The Morgan fingerprint density at radius 3 is 2.24 bits per heavy atom. The highest BCUT2D eigenvalue weighted by atomic mass is 32.2. The molecule has 0 bridgehead atoms. The Morgan fingerprint density at radius 2 is 1.59 bits per heavy atom. The molecule has 0 saturated heterocycles. The van der Waals surface area contributed by atoms with Crippen molar-refractivity contribution in [3.8, 4) is 0 Å². The number of nitrogens with one attached hydrogen (secondary N) is 2. The van der Waals surface area contributed by atoms with E-state index >= 15 is 0 Å². The Kier molecular flexibility index (Phi) is 8.80. The average molecular weight is 499 g/mol. The van der Waals surface area contributed by atoms with Gasteiger partial charge >= 0.3 is 0 Å². The zero-order chi connectivity index (χ0) is 24.6. The molecule has 34 heavy (non-hydrogen) atoms. The minimum Gasteiger partial charge on any atom is -0.325 e. The Bertz CT molecular complexity index is 1230. The predicted molar refractivity (Wildman–Crippen MR) is 135 cm³/mol. The lowest BCUT2D eigenvalue weighted by molar-refractivity contribution is -0.113. The van der Waals surface area contributed by atoms with Gasteiger partial charge in [-0.2, -0.15) is 4.31 Å². The van der Waals surface area contributed by atoms with Crippen LogP contribution in [0.2, 0.25) is 0 Å². The van der Waals surface area contributed by atoms with Gasteiger partial charge in [-0.1, -0.05) is 55.9 Å². The third-order valence-electron chi connectivity index (χ3n) is 4.88. The van der Waals surface area contributed by atoms with Crippen LogP contribution >= 0.6 is 11.8 Å². The molecule has 1 heterocycles. The van der Waals surface area contributed by atoms with Gasteiger partial charge in [-0.15, -0.1) is 0 Å². The summed E-state index contributed by atoms with van der Waals surface area (Å²) in [7, 11) is -3.58. The topological polar surface area (TPSA) is 108 Å². The molecule has 2 N–H and O–H groups in total. The normalized spacial score (nSPS) is 11.3. The zero-order valence-electron chi connectivity index (χ0n) is 18.9. The first kappa shape index (κ1) is 25.4. The van der Waals surface area contributed by atoms with Crippen molar-refractivity contribution in [2.24, 2.45) is 0 Å². The summed E-state index contributed by atoms with van der Waals surface area (Å²) in [5.41, 5.74) is 1.39. The minimum atomic E-state index is -3.58. The van der Waals surface area contributed by atoms with Crippen molar-refractivity contribution in [3.63, 3.8) is 0 Å². The lowest BCUT2D eigenvalue weighted by Gasteiger charge is -2.18. The van der Waals surface area contributed by atoms with Gasteiger partial charge in [0.15, 0.2) is 0 Å². The molecular formula is C24H26N4O4S2. The minimum absolute atomic E-state index is 0.0454. The second kappa shape index (κ2) is 11.8. The SMILES string of the molecule is CCN(CC)S(=O)(=O)c1ccc(SCC(=O)Nc2ccccc2C(=O)Nc2ccccc2)nc1. The van der Waals surface area contributed by atoms with Crippen LogP contribution in [0.4, 0.5) is 11.4 Å². The van der Waals surface area contributed by atoms with Crippen LogP contribution in [0, 0.1) is 0 Å². The summed E-state index contributed by atoms with van der Waals surface area (Å²) in [5, 5.41) is 6.09. The molecule has 0 saturated carbocycles. The van der Waals surface area contributed by atoms with Gasteiger partial charge in [0.2, 0.25) is 15.9 Å². The van der Waals surface area contributed by atoms with Crippen molar-refractivity contribution < 1.29 is 18.0 Å². The summed E-state index contributed by atoms with van der Waals surface area (Å²) in [4.78, 5) is 29.5. The van der Waals surface area contributed by atoms with E-state index in [9.17, 15) is 18.0 Å². The first-order valence-corrected chi connectivity index (χ1v) is 13.1. The fraction of sp³-hybridized carbons (Fsp3) is 0.208. The molecule has 0 spiro atoms. The Morgan fingerprint density at radius 1 is 0.912 bits per heavy atom. The number of benzene rings is 2. The molecule has 178 valence electrons. The number of thioether (sulfide) groups is 1. The molecule has 0 aliphatic carbocycles. The molecule has 0 atom stereocenters. The van der Waals surface area contributed by atoms with Gasteiger partial charge < -0.3 is 10.6 Å². The fourth-order valence-electron chi connectivity index (χ4n) is 3.15. The molecule has 0 aliphatic rings. The molecule has 2 amide bonds. The van der Waals surface area contributed by atoms with Crippen LogP contribution in [-0.4, -0.2) is 48.4 Å². The quantitative estimate of drug-likeness (QED) is 0.408. The number of nitrogens with zero attached hydrogens (tertiary/aromatic N) is 2. The van der Waals surface area contributed by atoms with Gasteiger partial charge in [0.1, 0.15) is 4.90 Å².